The van der Waals surface area contributed by atoms with Gasteiger partial charge in [-0.05, 0) is 55.7 Å². The predicted molar refractivity (Wildman–Crippen MR) is 124 cm³/mol. The molecular weight excluding hydrogens is 425 g/mol. The number of benzene rings is 2. The number of halogens is 1. The number of ether oxygens (including phenoxy) is 1. The van der Waals surface area contributed by atoms with Gasteiger partial charge in [-0.1, -0.05) is 26.0 Å². The molecule has 2 aromatic rings. The zero-order valence-electron chi connectivity index (χ0n) is 19.0. The summed E-state index contributed by atoms with van der Waals surface area (Å²) in [5.41, 5.74) is 0.987. The van der Waals surface area contributed by atoms with Crippen LogP contribution in [0.5, 0.6) is 5.75 Å². The van der Waals surface area contributed by atoms with Crippen molar-refractivity contribution >= 4 is 23.4 Å². The summed E-state index contributed by atoms with van der Waals surface area (Å²) in [7, 11) is 0. The summed E-state index contributed by atoms with van der Waals surface area (Å²) >= 11 is 0. The van der Waals surface area contributed by atoms with Crippen LogP contribution in [-0.2, 0) is 9.59 Å². The molecule has 1 atom stereocenters. The van der Waals surface area contributed by atoms with Crippen LogP contribution in [0.2, 0.25) is 0 Å². The first-order valence-electron chi connectivity index (χ1n) is 11.3. The zero-order chi connectivity index (χ0) is 23.8. The standard InChI is InChI=1S/C25H30FN3O4/c1-3-19(4-2)28-25(32)22-16-29(20-8-5-6-9-21(20)33-22)23(30)10-7-15-27-24(31)17-11-13-18(26)14-12-17/h5-6,8-9,11-14,19,22H,3-4,7,10,15-16H2,1-2H3,(H,27,31)(H,28,32). The quantitative estimate of drug-likeness (QED) is 0.567. The van der Waals surface area contributed by atoms with Crippen molar-refractivity contribution in [3.05, 3.63) is 59.9 Å². The summed E-state index contributed by atoms with van der Waals surface area (Å²) in [5.74, 6) is -0.622. The SMILES string of the molecule is CCC(CC)NC(=O)C1CN(C(=O)CCCNC(=O)c2ccc(F)cc2)c2ccccc2O1. The van der Waals surface area contributed by atoms with E-state index >= 15 is 0 Å². The second kappa shape index (κ2) is 11.4. The third-order valence-electron chi connectivity index (χ3n) is 5.66. The molecule has 2 N–H and O–H groups in total. The van der Waals surface area contributed by atoms with Crippen molar-refractivity contribution in [3.8, 4) is 5.75 Å². The highest BCUT2D eigenvalue weighted by atomic mass is 19.1. The molecule has 0 aromatic heterocycles. The second-order valence-corrected chi connectivity index (χ2v) is 7.97. The Labute approximate surface area is 193 Å². The van der Waals surface area contributed by atoms with Crippen molar-refractivity contribution in [2.24, 2.45) is 0 Å². The van der Waals surface area contributed by atoms with Crippen molar-refractivity contribution in [3.63, 3.8) is 0 Å². The van der Waals surface area contributed by atoms with E-state index in [4.69, 9.17) is 4.74 Å². The van der Waals surface area contributed by atoms with Gasteiger partial charge in [-0.15, -0.1) is 0 Å². The first kappa shape index (κ1) is 24.2. The fourth-order valence-corrected chi connectivity index (χ4v) is 3.67. The Morgan fingerprint density at radius 3 is 2.48 bits per heavy atom. The van der Waals surface area contributed by atoms with E-state index in [0.717, 1.165) is 12.8 Å². The lowest BCUT2D eigenvalue weighted by Gasteiger charge is -2.34. The molecule has 176 valence electrons. The van der Waals surface area contributed by atoms with E-state index in [1.807, 2.05) is 19.9 Å². The van der Waals surface area contributed by atoms with Crippen LogP contribution in [0.1, 0.15) is 49.9 Å². The van der Waals surface area contributed by atoms with Crippen LogP contribution >= 0.6 is 0 Å². The van der Waals surface area contributed by atoms with E-state index in [1.54, 1.807) is 23.1 Å². The maximum atomic E-state index is 13.0. The van der Waals surface area contributed by atoms with Gasteiger partial charge in [0.1, 0.15) is 11.6 Å². The normalized spacial score (nSPS) is 14.9. The fraction of sp³-hybridized carbons (Fsp3) is 0.400. The van der Waals surface area contributed by atoms with Crippen LogP contribution in [0.15, 0.2) is 48.5 Å². The highest BCUT2D eigenvalue weighted by Crippen LogP contribution is 2.33. The molecule has 0 radical (unpaired) electrons. The molecule has 1 unspecified atom stereocenters. The summed E-state index contributed by atoms with van der Waals surface area (Å²) in [6, 6.07) is 12.5. The molecule has 0 saturated carbocycles. The summed E-state index contributed by atoms with van der Waals surface area (Å²) in [6.45, 7) is 4.45. The zero-order valence-corrected chi connectivity index (χ0v) is 19.0. The van der Waals surface area contributed by atoms with Crippen LogP contribution < -0.4 is 20.3 Å². The van der Waals surface area contributed by atoms with Crippen LogP contribution in [0.3, 0.4) is 0 Å². The Kier molecular flexibility index (Phi) is 8.40. The molecule has 1 heterocycles. The highest BCUT2D eigenvalue weighted by molar-refractivity contribution is 5.97. The monoisotopic (exact) mass is 455 g/mol. The molecule has 0 aliphatic carbocycles. The van der Waals surface area contributed by atoms with Gasteiger partial charge >= 0.3 is 0 Å². The first-order valence-corrected chi connectivity index (χ1v) is 11.3. The van der Waals surface area contributed by atoms with Gasteiger partial charge in [0.25, 0.3) is 11.8 Å². The molecule has 2 aromatic carbocycles. The molecule has 0 spiro atoms. The smallest absolute Gasteiger partial charge is 0.263 e. The van der Waals surface area contributed by atoms with Crippen LogP contribution in [0.4, 0.5) is 10.1 Å². The van der Waals surface area contributed by atoms with E-state index in [2.05, 4.69) is 10.6 Å². The minimum Gasteiger partial charge on any atom is -0.477 e. The van der Waals surface area contributed by atoms with Gasteiger partial charge in [0.2, 0.25) is 5.91 Å². The maximum absolute atomic E-state index is 13.0. The maximum Gasteiger partial charge on any atom is 0.263 e. The van der Waals surface area contributed by atoms with Gasteiger partial charge in [0.05, 0.1) is 12.2 Å². The van der Waals surface area contributed by atoms with E-state index in [1.165, 1.54) is 24.3 Å². The molecule has 0 saturated heterocycles. The van der Waals surface area contributed by atoms with E-state index in [-0.39, 0.29) is 36.7 Å². The number of nitrogens with zero attached hydrogens (tertiary/aromatic N) is 1. The molecular formula is C25H30FN3O4. The molecule has 33 heavy (non-hydrogen) atoms. The lowest BCUT2D eigenvalue weighted by molar-refractivity contribution is -0.129. The van der Waals surface area contributed by atoms with Crippen molar-refractivity contribution in [2.45, 2.75) is 51.7 Å². The van der Waals surface area contributed by atoms with Gasteiger partial charge in [-0.2, -0.15) is 0 Å². The first-order chi connectivity index (χ1) is 15.9. The van der Waals surface area contributed by atoms with Gasteiger partial charge in [0, 0.05) is 24.6 Å². The molecule has 8 heteroatoms. The van der Waals surface area contributed by atoms with E-state index in [0.29, 0.717) is 30.0 Å². The summed E-state index contributed by atoms with van der Waals surface area (Å²) < 4.78 is 18.9. The molecule has 0 fully saturated rings. The van der Waals surface area contributed by atoms with Crippen molar-refractivity contribution in [1.29, 1.82) is 0 Å². The Morgan fingerprint density at radius 1 is 1.09 bits per heavy atom. The molecule has 3 amide bonds. The minimum absolute atomic E-state index is 0.0622. The Hall–Kier alpha value is -3.42. The highest BCUT2D eigenvalue weighted by Gasteiger charge is 2.34. The molecule has 1 aliphatic rings. The number of anilines is 1. The molecule has 0 bridgehead atoms. The third kappa shape index (κ3) is 6.31. The number of carbonyl (C=O) groups excluding carboxylic acids is 3. The Balaban J connectivity index is 1.58. The van der Waals surface area contributed by atoms with Gasteiger partial charge in [0.15, 0.2) is 6.10 Å². The van der Waals surface area contributed by atoms with Gasteiger partial charge in [-0.25, -0.2) is 4.39 Å². The van der Waals surface area contributed by atoms with Crippen molar-refractivity contribution in [1.82, 2.24) is 10.6 Å². The number of rotatable bonds is 9. The number of fused-ring (bicyclic) bond motifs is 1. The Bertz CT molecular complexity index is 976. The van der Waals surface area contributed by atoms with Crippen molar-refractivity contribution in [2.75, 3.05) is 18.0 Å². The van der Waals surface area contributed by atoms with E-state index < -0.39 is 11.9 Å². The molecule has 7 nitrogen and oxygen atoms in total. The minimum atomic E-state index is -0.789. The van der Waals surface area contributed by atoms with Crippen molar-refractivity contribution < 1.29 is 23.5 Å². The number of carbonyl (C=O) groups is 3. The predicted octanol–water partition coefficient (Wildman–Crippen LogP) is 3.43. The van der Waals surface area contributed by atoms with Crippen LogP contribution in [0.25, 0.3) is 0 Å². The Morgan fingerprint density at radius 2 is 1.79 bits per heavy atom. The summed E-state index contributed by atoms with van der Waals surface area (Å²) in [5, 5.41) is 5.72. The number of amides is 3. The average molecular weight is 456 g/mol. The number of hydrogen-bond acceptors (Lipinski definition) is 4. The van der Waals surface area contributed by atoms with Gasteiger partial charge < -0.3 is 20.3 Å². The average Bonchev–Trinajstić information content (AvgIpc) is 2.84. The topological polar surface area (TPSA) is 87.7 Å². The number of nitrogens with one attached hydrogen (secondary N) is 2. The third-order valence-corrected chi connectivity index (χ3v) is 5.66. The summed E-state index contributed by atoms with van der Waals surface area (Å²) in [4.78, 5) is 39.5. The summed E-state index contributed by atoms with van der Waals surface area (Å²) in [6.07, 6.45) is 1.47. The second-order valence-electron chi connectivity index (χ2n) is 7.97. The molecule has 1 aliphatic heterocycles. The molecule has 3 rings (SSSR count). The van der Waals surface area contributed by atoms with Gasteiger partial charge in [-0.3, -0.25) is 14.4 Å². The largest absolute Gasteiger partial charge is 0.477 e. The number of hydrogen-bond donors (Lipinski definition) is 2. The van der Waals surface area contributed by atoms with Crippen LogP contribution in [0, 0.1) is 5.82 Å². The van der Waals surface area contributed by atoms with E-state index in [9.17, 15) is 18.8 Å². The lowest BCUT2D eigenvalue weighted by Crippen LogP contribution is -2.52. The lowest BCUT2D eigenvalue weighted by atomic mass is 10.1. The fourth-order valence-electron chi connectivity index (χ4n) is 3.67. The number of para-hydroxylation sites is 2. The van der Waals surface area contributed by atoms with Crippen LogP contribution in [-0.4, -0.2) is 43.0 Å².